The molecule has 1 aliphatic heterocycles. The van der Waals surface area contributed by atoms with Crippen molar-refractivity contribution < 1.29 is 4.79 Å². The highest BCUT2D eigenvalue weighted by Gasteiger charge is 2.21. The lowest BCUT2D eigenvalue weighted by Crippen LogP contribution is -2.25. The summed E-state index contributed by atoms with van der Waals surface area (Å²) in [6.07, 6.45) is 0.567. The van der Waals surface area contributed by atoms with Crippen LogP contribution >= 0.6 is 39.5 Å². The highest BCUT2D eigenvalue weighted by molar-refractivity contribution is 9.10. The molecule has 1 nitrogen and oxygen atoms in total. The molecule has 4 heteroatoms. The zero-order valence-electron chi connectivity index (χ0n) is 8.82. The summed E-state index contributed by atoms with van der Waals surface area (Å²) in [4.78, 5) is 12.0. The number of rotatable bonds is 3. The van der Waals surface area contributed by atoms with Crippen molar-refractivity contribution in [1.82, 2.24) is 0 Å². The zero-order chi connectivity index (χ0) is 11.4. The summed E-state index contributed by atoms with van der Waals surface area (Å²) in [6.45, 7) is 0. The minimum atomic E-state index is 0.206. The van der Waals surface area contributed by atoms with E-state index in [9.17, 15) is 4.79 Å². The number of hydrogen-bond donors (Lipinski definition) is 0. The van der Waals surface area contributed by atoms with Gasteiger partial charge in [-0.05, 0) is 17.7 Å². The number of carbonyl (C=O) groups excluding carboxylic acids is 1. The number of hydrogen-bond acceptors (Lipinski definition) is 3. The molecule has 0 aliphatic carbocycles. The number of benzene rings is 1. The quantitative estimate of drug-likeness (QED) is 0.850. The molecule has 0 aromatic heterocycles. The van der Waals surface area contributed by atoms with Gasteiger partial charge in [0.2, 0.25) is 0 Å². The Morgan fingerprint density at radius 2 is 2.31 bits per heavy atom. The minimum Gasteiger partial charge on any atom is -0.298 e. The predicted molar refractivity (Wildman–Crippen MR) is 76.4 cm³/mol. The van der Waals surface area contributed by atoms with E-state index in [0.717, 1.165) is 21.5 Å². The molecule has 1 unspecified atom stereocenters. The van der Waals surface area contributed by atoms with Crippen LogP contribution in [0.25, 0.3) is 0 Å². The molecule has 0 amide bonds. The summed E-state index contributed by atoms with van der Waals surface area (Å²) in [5, 5.41) is 0.206. The van der Waals surface area contributed by atoms with Crippen LogP contribution in [0.5, 0.6) is 0 Å². The largest absolute Gasteiger partial charge is 0.298 e. The maximum Gasteiger partial charge on any atom is 0.151 e. The summed E-state index contributed by atoms with van der Waals surface area (Å²) in [7, 11) is 0. The van der Waals surface area contributed by atoms with Gasteiger partial charge in [0.15, 0.2) is 5.78 Å². The fourth-order valence-corrected chi connectivity index (χ4v) is 4.73. The number of thioether (sulfide) groups is 2. The Kier molecular flexibility index (Phi) is 4.79. The molecule has 0 spiro atoms. The van der Waals surface area contributed by atoms with E-state index in [1.807, 2.05) is 47.8 Å². The van der Waals surface area contributed by atoms with Gasteiger partial charge in [0.25, 0.3) is 0 Å². The highest BCUT2D eigenvalue weighted by Crippen LogP contribution is 2.25. The van der Waals surface area contributed by atoms with Gasteiger partial charge in [-0.15, -0.1) is 11.8 Å². The molecular weight excluding hydrogens is 304 g/mol. The SMILES string of the molecule is O=C(Cc1cccc(Br)c1)C1CSCCS1. The van der Waals surface area contributed by atoms with E-state index in [1.165, 1.54) is 5.75 Å². The van der Waals surface area contributed by atoms with Crippen LogP contribution in [-0.2, 0) is 11.2 Å². The first-order valence-electron chi connectivity index (χ1n) is 5.22. The molecule has 1 heterocycles. The average Bonchev–Trinajstić information content (AvgIpc) is 2.30. The van der Waals surface area contributed by atoms with Crippen LogP contribution in [0.4, 0.5) is 0 Å². The summed E-state index contributed by atoms with van der Waals surface area (Å²) in [5.74, 6) is 3.65. The van der Waals surface area contributed by atoms with Gasteiger partial charge >= 0.3 is 0 Å². The lowest BCUT2D eigenvalue weighted by molar-refractivity contribution is -0.117. The number of carbonyl (C=O) groups is 1. The van der Waals surface area contributed by atoms with Crippen LogP contribution in [0.1, 0.15) is 5.56 Å². The van der Waals surface area contributed by atoms with Crippen LogP contribution in [0, 0.1) is 0 Å². The van der Waals surface area contributed by atoms with Gasteiger partial charge in [0.05, 0.1) is 5.25 Å². The second-order valence-corrected chi connectivity index (χ2v) is 7.08. The number of halogens is 1. The second kappa shape index (κ2) is 6.12. The van der Waals surface area contributed by atoms with E-state index in [0.29, 0.717) is 12.2 Å². The Bertz CT molecular complexity index is 375. The van der Waals surface area contributed by atoms with Gasteiger partial charge in [-0.25, -0.2) is 0 Å². The van der Waals surface area contributed by atoms with Crippen LogP contribution in [0.3, 0.4) is 0 Å². The van der Waals surface area contributed by atoms with Crippen molar-refractivity contribution >= 4 is 45.2 Å². The van der Waals surface area contributed by atoms with Crippen molar-refractivity contribution in [1.29, 1.82) is 0 Å². The molecule has 0 bridgehead atoms. The second-order valence-electron chi connectivity index (χ2n) is 3.71. The molecule has 2 rings (SSSR count). The molecule has 1 fully saturated rings. The molecule has 1 aromatic rings. The Labute approximate surface area is 113 Å². The van der Waals surface area contributed by atoms with E-state index in [-0.39, 0.29) is 5.25 Å². The van der Waals surface area contributed by atoms with Crippen molar-refractivity contribution in [3.63, 3.8) is 0 Å². The maximum atomic E-state index is 12.0. The molecular formula is C12H13BrOS2. The fourth-order valence-electron chi connectivity index (χ4n) is 1.64. The first-order chi connectivity index (χ1) is 7.75. The Morgan fingerprint density at radius 1 is 1.44 bits per heavy atom. The number of ketones is 1. The standard InChI is InChI=1S/C12H13BrOS2/c13-10-3-1-2-9(6-10)7-11(14)12-8-15-4-5-16-12/h1-3,6,12H,4-5,7-8H2. The molecule has 0 radical (unpaired) electrons. The van der Waals surface area contributed by atoms with Crippen molar-refractivity contribution in [2.45, 2.75) is 11.7 Å². The van der Waals surface area contributed by atoms with Gasteiger partial charge in [-0.3, -0.25) is 4.79 Å². The first kappa shape index (κ1) is 12.5. The average molecular weight is 317 g/mol. The summed E-state index contributed by atoms with van der Waals surface area (Å²) in [5.41, 5.74) is 1.11. The Balaban J connectivity index is 1.96. The molecule has 0 saturated carbocycles. The smallest absolute Gasteiger partial charge is 0.151 e. The predicted octanol–water partition coefficient (Wildman–Crippen LogP) is 3.41. The van der Waals surface area contributed by atoms with Crippen LogP contribution < -0.4 is 0 Å². The van der Waals surface area contributed by atoms with Gasteiger partial charge in [-0.2, -0.15) is 11.8 Å². The lowest BCUT2D eigenvalue weighted by atomic mass is 10.1. The van der Waals surface area contributed by atoms with Crippen LogP contribution in [-0.4, -0.2) is 28.3 Å². The zero-order valence-corrected chi connectivity index (χ0v) is 12.0. The lowest BCUT2D eigenvalue weighted by Gasteiger charge is -2.19. The first-order valence-corrected chi connectivity index (χ1v) is 8.22. The van der Waals surface area contributed by atoms with Crippen LogP contribution in [0.2, 0.25) is 0 Å². The van der Waals surface area contributed by atoms with Crippen LogP contribution in [0.15, 0.2) is 28.7 Å². The molecule has 1 aromatic carbocycles. The van der Waals surface area contributed by atoms with Gasteiger partial charge < -0.3 is 0 Å². The molecule has 1 saturated heterocycles. The molecule has 16 heavy (non-hydrogen) atoms. The van der Waals surface area contributed by atoms with E-state index in [4.69, 9.17) is 0 Å². The fraction of sp³-hybridized carbons (Fsp3) is 0.417. The normalized spacial score (nSPS) is 20.7. The molecule has 86 valence electrons. The van der Waals surface area contributed by atoms with E-state index < -0.39 is 0 Å². The number of Topliss-reactive ketones (excluding diaryl/α,β-unsaturated/α-hetero) is 1. The monoisotopic (exact) mass is 316 g/mol. The topological polar surface area (TPSA) is 17.1 Å². The summed E-state index contributed by atoms with van der Waals surface area (Å²) in [6, 6.07) is 8.01. The summed E-state index contributed by atoms with van der Waals surface area (Å²) < 4.78 is 1.04. The van der Waals surface area contributed by atoms with Gasteiger partial charge in [-0.1, -0.05) is 28.1 Å². The maximum absolute atomic E-state index is 12.0. The third kappa shape index (κ3) is 3.54. The van der Waals surface area contributed by atoms with Gasteiger partial charge in [0, 0.05) is 28.2 Å². The van der Waals surface area contributed by atoms with Crippen molar-refractivity contribution in [3.8, 4) is 0 Å². The van der Waals surface area contributed by atoms with Crippen molar-refractivity contribution in [2.75, 3.05) is 17.3 Å². The van der Waals surface area contributed by atoms with E-state index in [2.05, 4.69) is 15.9 Å². The van der Waals surface area contributed by atoms with Crippen molar-refractivity contribution in [3.05, 3.63) is 34.3 Å². The van der Waals surface area contributed by atoms with Crippen molar-refractivity contribution in [2.24, 2.45) is 0 Å². The third-order valence-electron chi connectivity index (χ3n) is 2.44. The minimum absolute atomic E-state index is 0.206. The Hall–Kier alpha value is 0.0700. The third-order valence-corrected chi connectivity index (χ3v) is 5.74. The van der Waals surface area contributed by atoms with Gasteiger partial charge in [0.1, 0.15) is 0 Å². The highest BCUT2D eigenvalue weighted by atomic mass is 79.9. The molecule has 0 N–H and O–H groups in total. The Morgan fingerprint density at radius 3 is 3.00 bits per heavy atom. The molecule has 1 aliphatic rings. The van der Waals surface area contributed by atoms with E-state index in [1.54, 1.807) is 0 Å². The summed E-state index contributed by atoms with van der Waals surface area (Å²) >= 11 is 7.13. The molecule has 1 atom stereocenters. The van der Waals surface area contributed by atoms with E-state index >= 15 is 0 Å².